The second kappa shape index (κ2) is 6.39. The van der Waals surface area contributed by atoms with Gasteiger partial charge in [-0.05, 0) is 43.0 Å². The van der Waals surface area contributed by atoms with E-state index in [0.717, 1.165) is 18.4 Å². The second-order valence-electron chi connectivity index (χ2n) is 5.35. The van der Waals surface area contributed by atoms with Gasteiger partial charge in [0, 0.05) is 23.2 Å². The molecule has 3 rings (SSSR count). The molecule has 23 heavy (non-hydrogen) atoms. The predicted octanol–water partition coefficient (Wildman–Crippen LogP) is 3.76. The zero-order valence-electron chi connectivity index (χ0n) is 12.3. The van der Waals surface area contributed by atoms with Crippen LogP contribution in [-0.2, 0) is 17.5 Å². The maximum absolute atomic E-state index is 12.1. The number of amides is 1. The van der Waals surface area contributed by atoms with Gasteiger partial charge in [-0.2, -0.15) is 0 Å². The van der Waals surface area contributed by atoms with E-state index in [2.05, 4.69) is 4.99 Å². The Hall–Kier alpha value is -1.76. The summed E-state index contributed by atoms with van der Waals surface area (Å²) in [7, 11) is 0. The molecule has 1 aliphatic rings. The molecule has 1 aromatic carbocycles. The molecule has 7 heteroatoms. The summed E-state index contributed by atoms with van der Waals surface area (Å²) in [6.07, 6.45) is 3.37. The normalized spacial score (nSPS) is 18.3. The van der Waals surface area contributed by atoms with Crippen LogP contribution in [0.1, 0.15) is 39.8 Å². The first-order valence-corrected chi connectivity index (χ1v) is 8.52. The van der Waals surface area contributed by atoms with Gasteiger partial charge in [-0.15, -0.1) is 0 Å². The van der Waals surface area contributed by atoms with Gasteiger partial charge in [-0.3, -0.25) is 4.79 Å². The number of rotatable bonds is 3. The highest BCUT2D eigenvalue weighted by atomic mass is 35.5. The molecule has 0 fully saturated rings. The third-order valence-corrected chi connectivity index (χ3v) is 4.89. The molecule has 0 bridgehead atoms. The Labute approximate surface area is 140 Å². The van der Waals surface area contributed by atoms with Crippen molar-refractivity contribution < 1.29 is 18.0 Å². The minimum Gasteiger partial charge on any atom is -0.455 e. The number of carbonyl (C=O) groups is 1. The van der Waals surface area contributed by atoms with Crippen molar-refractivity contribution in [2.75, 3.05) is 0 Å². The zero-order valence-corrected chi connectivity index (χ0v) is 13.9. The van der Waals surface area contributed by atoms with Gasteiger partial charge in [0.2, 0.25) is 0 Å². The van der Waals surface area contributed by atoms with Crippen molar-refractivity contribution in [2.45, 2.75) is 30.6 Å². The highest BCUT2D eigenvalue weighted by Crippen LogP contribution is 2.33. The van der Waals surface area contributed by atoms with Crippen molar-refractivity contribution >= 4 is 34.8 Å². The van der Waals surface area contributed by atoms with E-state index < -0.39 is 17.0 Å². The van der Waals surface area contributed by atoms with Crippen LogP contribution in [0.2, 0.25) is 5.02 Å². The van der Waals surface area contributed by atoms with E-state index in [1.54, 1.807) is 6.21 Å². The molecule has 1 aliphatic carbocycles. The Balaban J connectivity index is 1.78. The fourth-order valence-electron chi connectivity index (χ4n) is 2.74. The lowest BCUT2D eigenvalue weighted by atomic mass is 10.0. The van der Waals surface area contributed by atoms with Crippen molar-refractivity contribution in [2.24, 2.45) is 4.99 Å². The van der Waals surface area contributed by atoms with Crippen LogP contribution in [0.5, 0.6) is 0 Å². The SMILES string of the molecule is Cc1oc(C(=O)N=CC2CCc3cc(Cl)ccc32)cc1S(=O)O. The molecule has 0 radical (unpaired) electrons. The Morgan fingerprint density at radius 2 is 2.26 bits per heavy atom. The smallest absolute Gasteiger partial charge is 0.312 e. The van der Waals surface area contributed by atoms with Crippen LogP contribution in [0.3, 0.4) is 0 Å². The highest BCUT2D eigenvalue weighted by Gasteiger charge is 2.22. The monoisotopic (exact) mass is 351 g/mol. The summed E-state index contributed by atoms with van der Waals surface area (Å²) in [6.45, 7) is 1.53. The Kier molecular flexibility index (Phi) is 4.48. The molecule has 1 N–H and O–H groups in total. The maximum Gasteiger partial charge on any atom is 0.312 e. The van der Waals surface area contributed by atoms with E-state index in [0.29, 0.717) is 5.02 Å². The van der Waals surface area contributed by atoms with Gasteiger partial charge in [-0.1, -0.05) is 17.7 Å². The van der Waals surface area contributed by atoms with Gasteiger partial charge in [0.05, 0.1) is 0 Å². The Morgan fingerprint density at radius 3 is 2.96 bits per heavy atom. The van der Waals surface area contributed by atoms with E-state index in [-0.39, 0.29) is 22.3 Å². The molecular formula is C16H14ClNO4S. The van der Waals surface area contributed by atoms with E-state index in [9.17, 15) is 9.00 Å². The fourth-order valence-corrected chi connectivity index (χ4v) is 3.43. The van der Waals surface area contributed by atoms with Gasteiger partial charge in [0.1, 0.15) is 10.7 Å². The summed E-state index contributed by atoms with van der Waals surface area (Å²) in [4.78, 5) is 16.1. The molecule has 2 unspecified atom stereocenters. The fraction of sp³-hybridized carbons (Fsp3) is 0.250. The largest absolute Gasteiger partial charge is 0.455 e. The number of fused-ring (bicyclic) bond motifs is 1. The summed E-state index contributed by atoms with van der Waals surface area (Å²) >= 11 is 3.79. The number of aryl methyl sites for hydroxylation is 2. The first kappa shape index (κ1) is 16.1. The third kappa shape index (κ3) is 3.29. The molecule has 120 valence electrons. The van der Waals surface area contributed by atoms with Crippen molar-refractivity contribution in [3.8, 4) is 0 Å². The standard InChI is InChI=1S/C16H14ClNO4S/c1-9-15(23(20)21)7-14(22-9)16(19)18-8-11-3-2-10-6-12(17)4-5-13(10)11/h4-8,11H,2-3H2,1H3,(H,20,21). The van der Waals surface area contributed by atoms with Crippen molar-refractivity contribution in [1.29, 1.82) is 0 Å². The number of halogens is 1. The van der Waals surface area contributed by atoms with Crippen LogP contribution in [0.25, 0.3) is 0 Å². The summed E-state index contributed by atoms with van der Waals surface area (Å²) < 4.78 is 25.4. The van der Waals surface area contributed by atoms with Crippen molar-refractivity contribution in [3.63, 3.8) is 0 Å². The van der Waals surface area contributed by atoms with Crippen molar-refractivity contribution in [3.05, 3.63) is 51.9 Å². The lowest BCUT2D eigenvalue weighted by Gasteiger charge is -2.04. The number of nitrogens with zero attached hydrogens (tertiary/aromatic N) is 1. The molecular weight excluding hydrogens is 338 g/mol. The lowest BCUT2D eigenvalue weighted by Crippen LogP contribution is -1.99. The molecule has 1 heterocycles. The molecule has 0 saturated heterocycles. The molecule has 1 amide bonds. The summed E-state index contributed by atoms with van der Waals surface area (Å²) in [5.41, 5.74) is 2.30. The number of benzene rings is 1. The average molecular weight is 352 g/mol. The minimum absolute atomic E-state index is 0.0366. The average Bonchev–Trinajstić information content (AvgIpc) is 3.08. The third-order valence-electron chi connectivity index (χ3n) is 3.87. The van der Waals surface area contributed by atoms with Gasteiger partial charge in [-0.25, -0.2) is 9.20 Å². The summed E-state index contributed by atoms with van der Waals surface area (Å²) in [6, 6.07) is 6.97. The van der Waals surface area contributed by atoms with E-state index in [1.165, 1.54) is 18.6 Å². The number of hydrogen-bond acceptors (Lipinski definition) is 3. The van der Waals surface area contributed by atoms with Gasteiger partial charge in [0.25, 0.3) is 0 Å². The maximum atomic E-state index is 12.1. The van der Waals surface area contributed by atoms with E-state index in [4.69, 9.17) is 20.6 Å². The number of aliphatic imine (C=N–C) groups is 1. The Morgan fingerprint density at radius 1 is 1.48 bits per heavy atom. The van der Waals surface area contributed by atoms with Gasteiger partial charge in [0.15, 0.2) is 16.8 Å². The molecule has 5 nitrogen and oxygen atoms in total. The van der Waals surface area contributed by atoms with Crippen molar-refractivity contribution in [1.82, 2.24) is 0 Å². The van der Waals surface area contributed by atoms with Crippen LogP contribution < -0.4 is 0 Å². The van der Waals surface area contributed by atoms with E-state index >= 15 is 0 Å². The zero-order chi connectivity index (χ0) is 16.6. The minimum atomic E-state index is -2.18. The van der Waals surface area contributed by atoms with Crippen LogP contribution in [-0.4, -0.2) is 20.9 Å². The van der Waals surface area contributed by atoms with Crippen LogP contribution in [0.15, 0.2) is 38.6 Å². The molecule has 2 atom stereocenters. The quantitative estimate of drug-likeness (QED) is 0.674. The van der Waals surface area contributed by atoms with E-state index in [1.807, 2.05) is 18.2 Å². The highest BCUT2D eigenvalue weighted by molar-refractivity contribution is 7.79. The predicted molar refractivity (Wildman–Crippen MR) is 87.8 cm³/mol. The molecule has 0 saturated carbocycles. The number of carbonyl (C=O) groups excluding carboxylic acids is 1. The molecule has 2 aromatic rings. The second-order valence-corrected chi connectivity index (χ2v) is 6.73. The molecule has 0 aliphatic heterocycles. The lowest BCUT2D eigenvalue weighted by molar-refractivity contribution is 0.0975. The Bertz CT molecular complexity index is 827. The van der Waals surface area contributed by atoms with Gasteiger partial charge < -0.3 is 8.97 Å². The number of furan rings is 1. The first-order valence-electron chi connectivity index (χ1n) is 7.04. The molecule has 0 spiro atoms. The van der Waals surface area contributed by atoms with Crippen LogP contribution >= 0.6 is 11.6 Å². The van der Waals surface area contributed by atoms with Gasteiger partial charge >= 0.3 is 5.91 Å². The van der Waals surface area contributed by atoms with Crippen LogP contribution in [0, 0.1) is 6.92 Å². The topological polar surface area (TPSA) is 79.9 Å². The van der Waals surface area contributed by atoms with Crippen LogP contribution in [0.4, 0.5) is 0 Å². The summed E-state index contributed by atoms with van der Waals surface area (Å²) in [5.74, 6) is -0.295. The molecule has 1 aromatic heterocycles. The first-order chi connectivity index (χ1) is 11.0. The number of hydrogen-bond donors (Lipinski definition) is 1. The summed E-state index contributed by atoms with van der Waals surface area (Å²) in [5, 5.41) is 0.702.